The minimum absolute atomic E-state index is 0.0384. The lowest BCUT2D eigenvalue weighted by Crippen LogP contribution is -2.47. The molecule has 1 fully saturated rings. The van der Waals surface area contributed by atoms with E-state index in [2.05, 4.69) is 5.32 Å². The standard InChI is InChI=1S/C15H17NO5/c17-13(18)8-15(5-1-2-6-15)16-14(19)10-3-4-11-12(7-10)21-9-20-11/h3-4,7H,1-2,5-6,8-9H2,(H,16,19)(H,17,18). The van der Waals surface area contributed by atoms with Crippen LogP contribution >= 0.6 is 0 Å². The number of aliphatic carboxylic acids is 1. The molecule has 1 aromatic rings. The van der Waals surface area contributed by atoms with E-state index in [9.17, 15) is 9.59 Å². The Hall–Kier alpha value is -2.24. The van der Waals surface area contributed by atoms with Crippen molar-refractivity contribution in [3.63, 3.8) is 0 Å². The molecule has 6 nitrogen and oxygen atoms in total. The Balaban J connectivity index is 1.77. The zero-order valence-electron chi connectivity index (χ0n) is 11.6. The van der Waals surface area contributed by atoms with Crippen LogP contribution in [0.4, 0.5) is 0 Å². The van der Waals surface area contributed by atoms with Gasteiger partial charge >= 0.3 is 5.97 Å². The molecule has 112 valence electrons. The van der Waals surface area contributed by atoms with Gasteiger partial charge in [-0.1, -0.05) is 12.8 Å². The van der Waals surface area contributed by atoms with Crippen molar-refractivity contribution in [3.05, 3.63) is 23.8 Å². The first-order valence-electron chi connectivity index (χ1n) is 7.02. The second-order valence-electron chi connectivity index (χ2n) is 5.58. The molecule has 0 aromatic heterocycles. The monoisotopic (exact) mass is 291 g/mol. The van der Waals surface area contributed by atoms with Gasteiger partial charge in [0.05, 0.1) is 12.0 Å². The largest absolute Gasteiger partial charge is 0.481 e. The van der Waals surface area contributed by atoms with Gasteiger partial charge in [-0.05, 0) is 31.0 Å². The number of carboxylic acid groups (broad SMARTS) is 1. The minimum atomic E-state index is -0.886. The fraction of sp³-hybridized carbons (Fsp3) is 0.467. The van der Waals surface area contributed by atoms with E-state index in [0.717, 1.165) is 12.8 Å². The molecule has 0 spiro atoms. The molecule has 1 saturated carbocycles. The maximum absolute atomic E-state index is 12.4. The van der Waals surface area contributed by atoms with Gasteiger partial charge in [0.25, 0.3) is 5.91 Å². The molecular weight excluding hydrogens is 274 g/mol. The van der Waals surface area contributed by atoms with E-state index < -0.39 is 11.5 Å². The van der Waals surface area contributed by atoms with Gasteiger partial charge in [0.2, 0.25) is 6.79 Å². The van der Waals surface area contributed by atoms with Gasteiger partial charge in [-0.2, -0.15) is 0 Å². The van der Waals surface area contributed by atoms with Gasteiger partial charge < -0.3 is 19.9 Å². The molecule has 0 saturated heterocycles. The van der Waals surface area contributed by atoms with Gasteiger partial charge in [-0.3, -0.25) is 9.59 Å². The quantitative estimate of drug-likeness (QED) is 0.885. The number of rotatable bonds is 4. The number of ether oxygens (including phenoxy) is 2. The van der Waals surface area contributed by atoms with E-state index in [-0.39, 0.29) is 19.1 Å². The zero-order chi connectivity index (χ0) is 14.9. The molecule has 2 aliphatic rings. The number of nitrogens with one attached hydrogen (secondary N) is 1. The van der Waals surface area contributed by atoms with Crippen molar-refractivity contribution in [2.75, 3.05) is 6.79 Å². The first-order chi connectivity index (χ1) is 10.1. The maximum atomic E-state index is 12.4. The Morgan fingerprint density at radius 3 is 2.62 bits per heavy atom. The summed E-state index contributed by atoms with van der Waals surface area (Å²) >= 11 is 0. The summed E-state index contributed by atoms with van der Waals surface area (Å²) < 4.78 is 10.5. The van der Waals surface area contributed by atoms with E-state index in [1.54, 1.807) is 18.2 Å². The van der Waals surface area contributed by atoms with Crippen molar-refractivity contribution < 1.29 is 24.2 Å². The van der Waals surface area contributed by atoms with Crippen molar-refractivity contribution in [3.8, 4) is 11.5 Å². The zero-order valence-corrected chi connectivity index (χ0v) is 11.6. The second kappa shape index (κ2) is 5.27. The van der Waals surface area contributed by atoms with Crippen LogP contribution in [0.2, 0.25) is 0 Å². The Bertz CT molecular complexity index is 577. The van der Waals surface area contributed by atoms with Crippen molar-refractivity contribution in [1.82, 2.24) is 5.32 Å². The van der Waals surface area contributed by atoms with Crippen LogP contribution < -0.4 is 14.8 Å². The number of hydrogen-bond donors (Lipinski definition) is 2. The number of amides is 1. The Morgan fingerprint density at radius 1 is 1.19 bits per heavy atom. The highest BCUT2D eigenvalue weighted by atomic mass is 16.7. The predicted molar refractivity (Wildman–Crippen MR) is 73.5 cm³/mol. The molecule has 6 heteroatoms. The average molecular weight is 291 g/mol. The van der Waals surface area contributed by atoms with Crippen molar-refractivity contribution >= 4 is 11.9 Å². The maximum Gasteiger partial charge on any atom is 0.305 e. The van der Waals surface area contributed by atoms with E-state index in [1.807, 2.05) is 0 Å². The molecule has 1 aromatic carbocycles. The molecule has 1 aliphatic carbocycles. The highest BCUT2D eigenvalue weighted by molar-refractivity contribution is 5.95. The van der Waals surface area contributed by atoms with Gasteiger partial charge in [-0.25, -0.2) is 0 Å². The summed E-state index contributed by atoms with van der Waals surface area (Å²) in [6.07, 6.45) is 3.25. The Morgan fingerprint density at radius 2 is 1.90 bits per heavy atom. The fourth-order valence-corrected chi connectivity index (χ4v) is 3.04. The minimum Gasteiger partial charge on any atom is -0.481 e. The van der Waals surface area contributed by atoms with Gasteiger partial charge in [0.1, 0.15) is 0 Å². The molecule has 0 bridgehead atoms. The SMILES string of the molecule is O=C(O)CC1(NC(=O)c2ccc3c(c2)OCO3)CCCC1. The predicted octanol–water partition coefficient (Wildman–Crippen LogP) is 1.93. The molecule has 0 radical (unpaired) electrons. The summed E-state index contributed by atoms with van der Waals surface area (Å²) in [6.45, 7) is 0.156. The molecule has 3 rings (SSSR count). The fourth-order valence-electron chi connectivity index (χ4n) is 3.04. The smallest absolute Gasteiger partial charge is 0.305 e. The number of hydrogen-bond acceptors (Lipinski definition) is 4. The van der Waals surface area contributed by atoms with Crippen LogP contribution in [-0.4, -0.2) is 29.3 Å². The molecule has 1 aliphatic heterocycles. The van der Waals surface area contributed by atoms with Crippen molar-refractivity contribution in [2.24, 2.45) is 0 Å². The summed E-state index contributed by atoms with van der Waals surface area (Å²) in [7, 11) is 0. The summed E-state index contributed by atoms with van der Waals surface area (Å²) in [5.41, 5.74) is -0.171. The summed E-state index contributed by atoms with van der Waals surface area (Å²) in [5.74, 6) is 0.00774. The van der Waals surface area contributed by atoms with E-state index >= 15 is 0 Å². The van der Waals surface area contributed by atoms with Crippen LogP contribution in [0.5, 0.6) is 11.5 Å². The van der Waals surface area contributed by atoms with Crippen LogP contribution in [0.1, 0.15) is 42.5 Å². The number of carbonyl (C=O) groups is 2. The van der Waals surface area contributed by atoms with E-state index in [0.29, 0.717) is 29.9 Å². The number of carbonyl (C=O) groups excluding carboxylic acids is 1. The first-order valence-corrected chi connectivity index (χ1v) is 7.02. The molecule has 1 amide bonds. The van der Waals surface area contributed by atoms with Gasteiger partial charge in [0.15, 0.2) is 11.5 Å². The highest BCUT2D eigenvalue weighted by Crippen LogP contribution is 2.35. The molecule has 0 atom stereocenters. The van der Waals surface area contributed by atoms with Gasteiger partial charge in [0, 0.05) is 5.56 Å². The van der Waals surface area contributed by atoms with Crippen LogP contribution in [0.15, 0.2) is 18.2 Å². The average Bonchev–Trinajstić information content (AvgIpc) is 3.06. The number of fused-ring (bicyclic) bond motifs is 1. The Kier molecular flexibility index (Phi) is 3.45. The normalized spacial score (nSPS) is 18.5. The van der Waals surface area contributed by atoms with Crippen LogP contribution in [0.3, 0.4) is 0 Å². The van der Waals surface area contributed by atoms with Crippen LogP contribution in [0.25, 0.3) is 0 Å². The number of benzene rings is 1. The lowest BCUT2D eigenvalue weighted by Gasteiger charge is -2.28. The third-order valence-electron chi connectivity index (χ3n) is 4.06. The third-order valence-corrected chi connectivity index (χ3v) is 4.06. The lowest BCUT2D eigenvalue weighted by atomic mass is 9.92. The third kappa shape index (κ3) is 2.79. The summed E-state index contributed by atoms with van der Waals surface area (Å²) in [6, 6.07) is 4.98. The van der Waals surface area contributed by atoms with Crippen molar-refractivity contribution in [1.29, 1.82) is 0 Å². The first kappa shape index (κ1) is 13.7. The second-order valence-corrected chi connectivity index (χ2v) is 5.58. The lowest BCUT2D eigenvalue weighted by molar-refractivity contribution is -0.138. The molecular formula is C15H17NO5. The molecule has 0 unspecified atom stereocenters. The van der Waals surface area contributed by atoms with E-state index in [1.165, 1.54) is 0 Å². The van der Waals surface area contributed by atoms with Crippen molar-refractivity contribution in [2.45, 2.75) is 37.6 Å². The van der Waals surface area contributed by atoms with E-state index in [4.69, 9.17) is 14.6 Å². The topological polar surface area (TPSA) is 84.9 Å². The van der Waals surface area contributed by atoms with Crippen LogP contribution in [-0.2, 0) is 4.79 Å². The molecule has 1 heterocycles. The number of carboxylic acids is 1. The highest BCUT2D eigenvalue weighted by Gasteiger charge is 2.37. The van der Waals surface area contributed by atoms with Crippen LogP contribution in [0, 0.1) is 0 Å². The molecule has 21 heavy (non-hydrogen) atoms. The Labute approximate surface area is 122 Å². The summed E-state index contributed by atoms with van der Waals surface area (Å²) in [5, 5.41) is 12.0. The molecule has 2 N–H and O–H groups in total. The van der Waals surface area contributed by atoms with Gasteiger partial charge in [-0.15, -0.1) is 0 Å². The summed E-state index contributed by atoms with van der Waals surface area (Å²) in [4.78, 5) is 23.4.